The van der Waals surface area contributed by atoms with Gasteiger partial charge in [-0.2, -0.15) is 5.10 Å². The Labute approximate surface area is 123 Å². The van der Waals surface area contributed by atoms with Gasteiger partial charge in [0.2, 0.25) is 0 Å². The van der Waals surface area contributed by atoms with E-state index in [0.29, 0.717) is 0 Å². The van der Waals surface area contributed by atoms with Gasteiger partial charge in [0.1, 0.15) is 0 Å². The fourth-order valence-corrected chi connectivity index (χ4v) is 2.43. The van der Waals surface area contributed by atoms with E-state index >= 15 is 0 Å². The minimum atomic E-state index is 0.865. The first-order chi connectivity index (χ1) is 9.04. The molecule has 1 aromatic carbocycles. The van der Waals surface area contributed by atoms with Crippen LogP contribution in [-0.4, -0.2) is 16.3 Å². The Morgan fingerprint density at radius 2 is 2.00 bits per heavy atom. The summed E-state index contributed by atoms with van der Waals surface area (Å²) < 4.78 is 3.11. The molecule has 19 heavy (non-hydrogen) atoms. The van der Waals surface area contributed by atoms with Gasteiger partial charge >= 0.3 is 0 Å². The zero-order valence-corrected chi connectivity index (χ0v) is 13.5. The van der Waals surface area contributed by atoms with Crippen molar-refractivity contribution in [1.82, 2.24) is 15.1 Å². The lowest BCUT2D eigenvalue weighted by Crippen LogP contribution is -2.15. The van der Waals surface area contributed by atoms with E-state index in [4.69, 9.17) is 0 Å². The van der Waals surface area contributed by atoms with E-state index in [9.17, 15) is 0 Å². The quantitative estimate of drug-likeness (QED) is 0.931. The van der Waals surface area contributed by atoms with Crippen molar-refractivity contribution in [3.05, 3.63) is 45.2 Å². The number of benzene rings is 1. The first-order valence-corrected chi connectivity index (χ1v) is 7.36. The highest BCUT2D eigenvalue weighted by Crippen LogP contribution is 2.25. The third kappa shape index (κ3) is 2.90. The molecule has 0 saturated heterocycles. The Hall–Kier alpha value is -1.13. The zero-order chi connectivity index (χ0) is 14.0. The molecule has 0 amide bonds. The topological polar surface area (TPSA) is 29.9 Å². The highest BCUT2D eigenvalue weighted by molar-refractivity contribution is 9.10. The summed E-state index contributed by atoms with van der Waals surface area (Å²) in [7, 11) is 0. The Morgan fingerprint density at radius 1 is 1.26 bits per heavy atom. The molecule has 0 unspecified atom stereocenters. The van der Waals surface area contributed by atoms with Crippen molar-refractivity contribution < 1.29 is 0 Å². The van der Waals surface area contributed by atoms with Crippen molar-refractivity contribution in [2.24, 2.45) is 0 Å². The number of hydrogen-bond acceptors (Lipinski definition) is 2. The van der Waals surface area contributed by atoms with Gasteiger partial charge in [0.25, 0.3) is 0 Å². The van der Waals surface area contributed by atoms with Gasteiger partial charge in [0, 0.05) is 6.54 Å². The van der Waals surface area contributed by atoms with Crippen LogP contribution >= 0.6 is 15.9 Å². The van der Waals surface area contributed by atoms with Crippen molar-refractivity contribution in [2.45, 2.75) is 34.2 Å². The molecule has 3 nitrogen and oxygen atoms in total. The van der Waals surface area contributed by atoms with Crippen molar-refractivity contribution in [1.29, 1.82) is 0 Å². The molecule has 0 aliphatic carbocycles. The molecule has 1 aromatic heterocycles. The van der Waals surface area contributed by atoms with E-state index in [0.717, 1.165) is 34.6 Å². The lowest BCUT2D eigenvalue weighted by molar-refractivity contribution is 0.713. The first kappa shape index (κ1) is 14.3. The third-order valence-electron chi connectivity index (χ3n) is 3.23. The van der Waals surface area contributed by atoms with Crippen molar-refractivity contribution in [3.63, 3.8) is 0 Å². The molecule has 2 rings (SSSR count). The molecule has 0 saturated carbocycles. The van der Waals surface area contributed by atoms with Gasteiger partial charge in [0.05, 0.1) is 21.5 Å². The van der Waals surface area contributed by atoms with Crippen molar-refractivity contribution >= 4 is 15.9 Å². The summed E-state index contributed by atoms with van der Waals surface area (Å²) >= 11 is 3.59. The molecule has 0 fully saturated rings. The zero-order valence-electron chi connectivity index (χ0n) is 11.9. The molecular formula is C15H20BrN3. The van der Waals surface area contributed by atoms with Crippen LogP contribution in [0.5, 0.6) is 0 Å². The van der Waals surface area contributed by atoms with Crippen LogP contribution in [-0.2, 0) is 6.54 Å². The van der Waals surface area contributed by atoms with E-state index in [1.165, 1.54) is 11.1 Å². The minimum absolute atomic E-state index is 0.865. The SMILES string of the molecule is CCNCc1cc(C)ccc1-n1nc(C)c(Br)c1C. The Bertz CT molecular complexity index is 587. The maximum absolute atomic E-state index is 4.62. The van der Waals surface area contributed by atoms with Crippen LogP contribution in [0.2, 0.25) is 0 Å². The Balaban J connectivity index is 2.51. The van der Waals surface area contributed by atoms with Gasteiger partial charge < -0.3 is 5.32 Å². The average molecular weight is 322 g/mol. The van der Waals surface area contributed by atoms with Crippen LogP contribution < -0.4 is 5.32 Å². The highest BCUT2D eigenvalue weighted by Gasteiger charge is 2.13. The standard InChI is InChI=1S/C15H20BrN3/c1-5-17-9-13-8-10(2)6-7-14(13)19-12(4)15(16)11(3)18-19/h6-8,17H,5,9H2,1-4H3. The van der Waals surface area contributed by atoms with E-state index in [-0.39, 0.29) is 0 Å². The Morgan fingerprint density at radius 3 is 2.58 bits per heavy atom. The largest absolute Gasteiger partial charge is 0.313 e. The number of hydrogen-bond donors (Lipinski definition) is 1. The molecule has 4 heteroatoms. The number of nitrogens with one attached hydrogen (secondary N) is 1. The molecular weight excluding hydrogens is 302 g/mol. The number of aryl methyl sites for hydroxylation is 2. The molecule has 1 N–H and O–H groups in total. The number of halogens is 1. The summed E-state index contributed by atoms with van der Waals surface area (Å²) in [5, 5.41) is 8.01. The number of aromatic nitrogens is 2. The molecule has 0 spiro atoms. The molecule has 0 aliphatic rings. The monoisotopic (exact) mass is 321 g/mol. The summed E-state index contributed by atoms with van der Waals surface area (Å²) in [6.45, 7) is 10.2. The molecule has 0 bridgehead atoms. The summed E-state index contributed by atoms with van der Waals surface area (Å²) in [5.41, 5.74) is 5.86. The maximum Gasteiger partial charge on any atom is 0.0743 e. The van der Waals surface area contributed by atoms with Crippen LogP contribution in [0, 0.1) is 20.8 Å². The van der Waals surface area contributed by atoms with Crippen LogP contribution in [0.25, 0.3) is 5.69 Å². The molecule has 0 radical (unpaired) electrons. The van der Waals surface area contributed by atoms with Crippen molar-refractivity contribution in [2.75, 3.05) is 6.54 Å². The lowest BCUT2D eigenvalue weighted by atomic mass is 10.1. The molecule has 1 heterocycles. The smallest absolute Gasteiger partial charge is 0.0743 e. The van der Waals surface area contributed by atoms with E-state index < -0.39 is 0 Å². The van der Waals surface area contributed by atoms with Gasteiger partial charge in [-0.25, -0.2) is 4.68 Å². The highest BCUT2D eigenvalue weighted by atomic mass is 79.9. The lowest BCUT2D eigenvalue weighted by Gasteiger charge is -2.12. The van der Waals surface area contributed by atoms with Crippen LogP contribution in [0.15, 0.2) is 22.7 Å². The van der Waals surface area contributed by atoms with Crippen molar-refractivity contribution in [3.8, 4) is 5.69 Å². The molecule has 0 aliphatic heterocycles. The summed E-state index contributed by atoms with van der Waals surface area (Å²) in [6, 6.07) is 6.51. The second kappa shape index (κ2) is 5.88. The summed E-state index contributed by atoms with van der Waals surface area (Å²) in [5.74, 6) is 0. The summed E-state index contributed by atoms with van der Waals surface area (Å²) in [6.07, 6.45) is 0. The molecule has 2 aromatic rings. The van der Waals surface area contributed by atoms with Gasteiger partial charge in [-0.15, -0.1) is 0 Å². The average Bonchev–Trinajstić information content (AvgIpc) is 2.64. The number of nitrogens with zero attached hydrogens (tertiary/aromatic N) is 2. The van der Waals surface area contributed by atoms with Gasteiger partial charge in [-0.1, -0.05) is 24.6 Å². The van der Waals surface area contributed by atoms with Gasteiger partial charge in [-0.05, 0) is 54.9 Å². The van der Waals surface area contributed by atoms with Gasteiger partial charge in [0.15, 0.2) is 0 Å². The minimum Gasteiger partial charge on any atom is -0.313 e. The fraction of sp³-hybridized carbons (Fsp3) is 0.400. The second-order valence-electron chi connectivity index (χ2n) is 4.81. The maximum atomic E-state index is 4.62. The normalized spacial score (nSPS) is 11.0. The van der Waals surface area contributed by atoms with Gasteiger partial charge in [-0.3, -0.25) is 0 Å². The van der Waals surface area contributed by atoms with Crippen LogP contribution in [0.3, 0.4) is 0 Å². The Kier molecular flexibility index (Phi) is 4.42. The second-order valence-corrected chi connectivity index (χ2v) is 5.60. The van der Waals surface area contributed by atoms with E-state index in [2.05, 4.69) is 65.3 Å². The van der Waals surface area contributed by atoms with Crippen LogP contribution in [0.1, 0.15) is 29.4 Å². The van der Waals surface area contributed by atoms with E-state index in [1.807, 2.05) is 11.6 Å². The third-order valence-corrected chi connectivity index (χ3v) is 4.38. The number of rotatable bonds is 4. The summed E-state index contributed by atoms with van der Waals surface area (Å²) in [4.78, 5) is 0. The fourth-order valence-electron chi connectivity index (χ4n) is 2.18. The van der Waals surface area contributed by atoms with E-state index in [1.54, 1.807) is 0 Å². The van der Waals surface area contributed by atoms with Crippen LogP contribution in [0.4, 0.5) is 0 Å². The predicted octanol–water partition coefficient (Wildman–Crippen LogP) is 3.67. The molecule has 102 valence electrons. The predicted molar refractivity (Wildman–Crippen MR) is 82.9 cm³/mol. The first-order valence-electron chi connectivity index (χ1n) is 6.57. The molecule has 0 atom stereocenters.